The number of amides is 1. The highest BCUT2D eigenvalue weighted by Crippen LogP contribution is 2.36. The van der Waals surface area contributed by atoms with Crippen LogP contribution in [0, 0.1) is 6.92 Å². The molecular formula is C22H19F3N6O. The van der Waals surface area contributed by atoms with E-state index in [4.69, 9.17) is 0 Å². The van der Waals surface area contributed by atoms with Gasteiger partial charge in [0, 0.05) is 30.5 Å². The minimum Gasteiger partial charge on any atom is -0.305 e. The van der Waals surface area contributed by atoms with E-state index in [9.17, 15) is 18.0 Å². The maximum absolute atomic E-state index is 13.9. The van der Waals surface area contributed by atoms with Crippen molar-refractivity contribution in [3.63, 3.8) is 0 Å². The monoisotopic (exact) mass is 440 g/mol. The summed E-state index contributed by atoms with van der Waals surface area (Å²) in [5.74, 6) is -0.432. The first kappa shape index (κ1) is 20.2. The molecule has 10 heteroatoms. The Morgan fingerprint density at radius 2 is 1.97 bits per heavy atom. The van der Waals surface area contributed by atoms with Crippen LogP contribution in [0.5, 0.6) is 0 Å². The highest BCUT2D eigenvalue weighted by atomic mass is 19.4. The van der Waals surface area contributed by atoms with Crippen molar-refractivity contribution in [3.8, 4) is 11.3 Å². The summed E-state index contributed by atoms with van der Waals surface area (Å²) in [6.45, 7) is 3.60. The first-order chi connectivity index (χ1) is 15.1. The third-order valence-corrected chi connectivity index (χ3v) is 5.71. The predicted molar refractivity (Wildman–Crippen MR) is 111 cm³/mol. The van der Waals surface area contributed by atoms with E-state index in [1.165, 1.54) is 4.68 Å². The van der Waals surface area contributed by atoms with Crippen molar-refractivity contribution in [1.29, 1.82) is 0 Å². The first-order valence-corrected chi connectivity index (χ1v) is 10.0. The van der Waals surface area contributed by atoms with Crippen molar-refractivity contribution in [2.24, 2.45) is 7.05 Å². The molecule has 1 aromatic carbocycles. The number of halogens is 3. The standard InChI is InChI=1S/C22H19F3N6O/c1-12-8-14-6-4-5-7-18(14)30(12)21(32)15-10-26-31-19(22(23,24)25)9-17(27-20(15)31)16-11-29(3)28-13(16)2/h4-7,9-12H,8H2,1-3H3. The summed E-state index contributed by atoms with van der Waals surface area (Å²) in [5, 5.41) is 8.09. The lowest BCUT2D eigenvalue weighted by Crippen LogP contribution is -2.35. The fourth-order valence-corrected chi connectivity index (χ4v) is 4.31. The lowest BCUT2D eigenvalue weighted by Gasteiger charge is -2.22. The Morgan fingerprint density at radius 3 is 2.66 bits per heavy atom. The topological polar surface area (TPSA) is 68.3 Å². The molecule has 1 amide bonds. The van der Waals surface area contributed by atoms with Crippen LogP contribution >= 0.6 is 0 Å². The molecule has 5 rings (SSSR count). The number of hydrogen-bond donors (Lipinski definition) is 0. The molecule has 1 aliphatic heterocycles. The average Bonchev–Trinajstić information content (AvgIpc) is 3.39. The molecule has 0 bridgehead atoms. The van der Waals surface area contributed by atoms with Crippen molar-refractivity contribution in [2.75, 3.05) is 4.90 Å². The van der Waals surface area contributed by atoms with Gasteiger partial charge in [-0.2, -0.15) is 23.4 Å². The van der Waals surface area contributed by atoms with Crippen molar-refractivity contribution in [2.45, 2.75) is 32.5 Å². The minimum atomic E-state index is -4.69. The van der Waals surface area contributed by atoms with Gasteiger partial charge in [0.2, 0.25) is 0 Å². The zero-order valence-corrected chi connectivity index (χ0v) is 17.6. The van der Waals surface area contributed by atoms with Gasteiger partial charge in [-0.15, -0.1) is 0 Å². The quantitative estimate of drug-likeness (QED) is 0.472. The fourth-order valence-electron chi connectivity index (χ4n) is 4.31. The molecule has 0 radical (unpaired) electrons. The van der Waals surface area contributed by atoms with Crippen molar-refractivity contribution in [3.05, 3.63) is 65.2 Å². The molecule has 4 heterocycles. The number of anilines is 1. The Bertz CT molecular complexity index is 1370. The number of rotatable bonds is 2. The van der Waals surface area contributed by atoms with E-state index >= 15 is 0 Å². The van der Waals surface area contributed by atoms with Crippen LogP contribution in [0.3, 0.4) is 0 Å². The molecule has 1 unspecified atom stereocenters. The second kappa shape index (κ2) is 6.91. The van der Waals surface area contributed by atoms with E-state index < -0.39 is 17.8 Å². The van der Waals surface area contributed by atoms with Gasteiger partial charge >= 0.3 is 6.18 Å². The molecule has 164 valence electrons. The molecule has 1 aliphatic rings. The SMILES string of the molecule is Cc1nn(C)cc1-c1cc(C(F)(F)F)n2ncc(C(=O)N3c4ccccc4CC3C)c2n1. The zero-order chi connectivity index (χ0) is 22.8. The summed E-state index contributed by atoms with van der Waals surface area (Å²) < 4.78 is 43.9. The van der Waals surface area contributed by atoms with E-state index in [0.29, 0.717) is 22.2 Å². The van der Waals surface area contributed by atoms with Crippen LogP contribution in [0.25, 0.3) is 16.9 Å². The Labute approximate surface area is 181 Å². The predicted octanol–water partition coefficient (Wildman–Crippen LogP) is 4.05. The van der Waals surface area contributed by atoms with Gasteiger partial charge < -0.3 is 4.90 Å². The molecule has 1 atom stereocenters. The van der Waals surface area contributed by atoms with Crippen LogP contribution < -0.4 is 4.90 Å². The summed E-state index contributed by atoms with van der Waals surface area (Å²) >= 11 is 0. The van der Waals surface area contributed by atoms with E-state index in [1.807, 2.05) is 31.2 Å². The molecule has 0 saturated carbocycles. The van der Waals surface area contributed by atoms with Crippen molar-refractivity contribution >= 4 is 17.2 Å². The zero-order valence-electron chi connectivity index (χ0n) is 17.6. The summed E-state index contributed by atoms with van der Waals surface area (Å²) in [4.78, 5) is 19.5. The summed E-state index contributed by atoms with van der Waals surface area (Å²) in [6, 6.07) is 8.30. The number of aromatic nitrogens is 5. The Hall–Kier alpha value is -3.69. The number of nitrogens with zero attached hydrogens (tertiary/aromatic N) is 6. The third kappa shape index (κ3) is 3.05. The number of alkyl halides is 3. The highest BCUT2D eigenvalue weighted by Gasteiger charge is 2.38. The van der Waals surface area contributed by atoms with E-state index in [1.54, 1.807) is 25.1 Å². The van der Waals surface area contributed by atoms with Gasteiger partial charge in [0.25, 0.3) is 5.91 Å². The third-order valence-electron chi connectivity index (χ3n) is 5.71. The maximum atomic E-state index is 13.9. The van der Waals surface area contributed by atoms with Gasteiger partial charge in [-0.25, -0.2) is 9.50 Å². The van der Waals surface area contributed by atoms with Gasteiger partial charge in [-0.1, -0.05) is 18.2 Å². The van der Waals surface area contributed by atoms with E-state index in [2.05, 4.69) is 15.2 Å². The highest BCUT2D eigenvalue weighted by molar-refractivity contribution is 6.11. The number of fused-ring (bicyclic) bond motifs is 2. The van der Waals surface area contributed by atoms with Crippen molar-refractivity contribution in [1.82, 2.24) is 24.4 Å². The molecular weight excluding hydrogens is 421 g/mol. The molecule has 0 N–H and O–H groups in total. The maximum Gasteiger partial charge on any atom is 0.433 e. The Kier molecular flexibility index (Phi) is 4.37. The van der Waals surface area contributed by atoms with Crippen LogP contribution in [0.2, 0.25) is 0 Å². The Balaban J connectivity index is 1.71. The first-order valence-electron chi connectivity index (χ1n) is 10.0. The van der Waals surface area contributed by atoms with Crippen molar-refractivity contribution < 1.29 is 18.0 Å². The van der Waals surface area contributed by atoms with Crippen LogP contribution in [0.15, 0.2) is 42.7 Å². The van der Waals surface area contributed by atoms with Crippen LogP contribution in [-0.2, 0) is 19.6 Å². The van der Waals surface area contributed by atoms with Crippen LogP contribution in [-0.4, -0.2) is 36.3 Å². The number of carbonyl (C=O) groups excluding carboxylic acids is 1. The molecule has 3 aromatic heterocycles. The van der Waals surface area contributed by atoms with E-state index in [-0.39, 0.29) is 22.9 Å². The molecule has 7 nitrogen and oxygen atoms in total. The Morgan fingerprint density at radius 1 is 1.22 bits per heavy atom. The van der Waals surface area contributed by atoms with E-state index in [0.717, 1.165) is 23.5 Å². The summed E-state index contributed by atoms with van der Waals surface area (Å²) in [5.41, 5.74) is 1.71. The van der Waals surface area contributed by atoms with Crippen LogP contribution in [0.4, 0.5) is 18.9 Å². The van der Waals surface area contributed by atoms with Gasteiger partial charge in [-0.05, 0) is 38.0 Å². The molecule has 0 aliphatic carbocycles. The normalized spacial score (nSPS) is 16.1. The fraction of sp³-hybridized carbons (Fsp3) is 0.273. The second-order valence-corrected chi connectivity index (χ2v) is 7.98. The second-order valence-electron chi connectivity index (χ2n) is 7.98. The molecule has 0 saturated heterocycles. The largest absolute Gasteiger partial charge is 0.433 e. The molecule has 4 aromatic rings. The van der Waals surface area contributed by atoms with Gasteiger partial charge in [0.1, 0.15) is 5.56 Å². The summed E-state index contributed by atoms with van der Waals surface area (Å²) in [7, 11) is 1.68. The molecule has 0 spiro atoms. The lowest BCUT2D eigenvalue weighted by molar-refractivity contribution is -0.142. The number of carbonyl (C=O) groups is 1. The number of para-hydroxylation sites is 1. The van der Waals surface area contributed by atoms with Gasteiger partial charge in [-0.3, -0.25) is 9.48 Å². The number of aryl methyl sites for hydroxylation is 2. The van der Waals surface area contributed by atoms with Gasteiger partial charge in [0.05, 0.1) is 17.6 Å². The number of hydrogen-bond acceptors (Lipinski definition) is 4. The lowest BCUT2D eigenvalue weighted by atomic mass is 10.1. The molecule has 0 fully saturated rings. The van der Waals surface area contributed by atoms with Gasteiger partial charge in [0.15, 0.2) is 11.3 Å². The minimum absolute atomic E-state index is 0.0162. The summed E-state index contributed by atoms with van der Waals surface area (Å²) in [6.07, 6.45) is -1.26. The van der Waals surface area contributed by atoms with Crippen LogP contribution in [0.1, 0.15) is 34.2 Å². The molecule has 32 heavy (non-hydrogen) atoms. The smallest absolute Gasteiger partial charge is 0.305 e. The number of benzene rings is 1. The average molecular weight is 440 g/mol.